The number of amides is 1. The maximum atomic E-state index is 12.4. The van der Waals surface area contributed by atoms with Gasteiger partial charge in [-0.05, 0) is 31.4 Å². The summed E-state index contributed by atoms with van der Waals surface area (Å²) in [7, 11) is 0. The number of carbonyl (C=O) groups excluding carboxylic acids is 1. The van der Waals surface area contributed by atoms with Crippen LogP contribution >= 0.6 is 11.3 Å². The van der Waals surface area contributed by atoms with Crippen molar-refractivity contribution in [2.75, 3.05) is 50.7 Å². The van der Waals surface area contributed by atoms with Crippen molar-refractivity contribution in [3.05, 3.63) is 24.3 Å². The normalized spacial score (nSPS) is 19.8. The van der Waals surface area contributed by atoms with E-state index in [1.165, 1.54) is 4.70 Å². The molecule has 6 heteroatoms. The van der Waals surface area contributed by atoms with E-state index in [-0.39, 0.29) is 0 Å². The lowest BCUT2D eigenvalue weighted by atomic mass is 10.3. The van der Waals surface area contributed by atoms with Crippen molar-refractivity contribution in [1.29, 1.82) is 0 Å². The molecule has 0 aliphatic carbocycles. The van der Waals surface area contributed by atoms with Gasteiger partial charge in [0, 0.05) is 39.3 Å². The van der Waals surface area contributed by atoms with Gasteiger partial charge in [-0.2, -0.15) is 0 Å². The topological polar surface area (TPSA) is 39.7 Å². The zero-order chi connectivity index (χ0) is 16.4. The highest BCUT2D eigenvalue weighted by Gasteiger charge is 2.23. The van der Waals surface area contributed by atoms with E-state index in [2.05, 4.69) is 28.0 Å². The molecule has 2 fully saturated rings. The largest absolute Gasteiger partial charge is 0.347 e. The number of anilines is 1. The predicted octanol–water partition coefficient (Wildman–Crippen LogP) is 2.43. The van der Waals surface area contributed by atoms with E-state index in [1.807, 2.05) is 11.0 Å². The van der Waals surface area contributed by atoms with E-state index in [0.717, 1.165) is 69.2 Å². The number of rotatable bonds is 3. The predicted molar refractivity (Wildman–Crippen MR) is 98.7 cm³/mol. The highest BCUT2D eigenvalue weighted by molar-refractivity contribution is 7.22. The molecule has 2 aromatic rings. The van der Waals surface area contributed by atoms with Crippen LogP contribution in [0, 0.1) is 0 Å². The average Bonchev–Trinajstić information content (AvgIpc) is 3.22. The lowest BCUT2D eigenvalue weighted by Gasteiger charge is -2.23. The van der Waals surface area contributed by atoms with Gasteiger partial charge >= 0.3 is 0 Å². The first-order chi connectivity index (χ1) is 11.8. The zero-order valence-electron chi connectivity index (χ0n) is 14.0. The fourth-order valence-electron chi connectivity index (χ4n) is 3.57. The Hall–Kier alpha value is -1.66. The third-order valence-electron chi connectivity index (χ3n) is 4.96. The molecule has 1 aromatic heterocycles. The summed E-state index contributed by atoms with van der Waals surface area (Å²) in [4.78, 5) is 23.9. The van der Waals surface area contributed by atoms with Crippen molar-refractivity contribution in [2.24, 2.45) is 0 Å². The van der Waals surface area contributed by atoms with Gasteiger partial charge in [0.15, 0.2) is 5.13 Å². The van der Waals surface area contributed by atoms with Gasteiger partial charge in [-0.3, -0.25) is 9.69 Å². The maximum Gasteiger partial charge on any atom is 0.236 e. The van der Waals surface area contributed by atoms with Crippen molar-refractivity contribution in [3.8, 4) is 0 Å². The Morgan fingerprint density at radius 3 is 2.67 bits per heavy atom. The van der Waals surface area contributed by atoms with Gasteiger partial charge in [0.25, 0.3) is 0 Å². The maximum absolute atomic E-state index is 12.4. The van der Waals surface area contributed by atoms with Crippen LogP contribution in [0.25, 0.3) is 10.2 Å². The summed E-state index contributed by atoms with van der Waals surface area (Å²) in [6, 6.07) is 8.32. The number of thiazole rings is 1. The number of hydrogen-bond acceptors (Lipinski definition) is 5. The fraction of sp³-hybridized carbons (Fsp3) is 0.556. The Bertz CT molecular complexity index is 677. The van der Waals surface area contributed by atoms with Crippen LogP contribution in [0.5, 0.6) is 0 Å². The molecule has 2 aliphatic rings. The van der Waals surface area contributed by atoms with Gasteiger partial charge in [-0.25, -0.2) is 4.98 Å². The molecule has 2 aliphatic heterocycles. The van der Waals surface area contributed by atoms with E-state index in [1.54, 1.807) is 11.3 Å². The minimum Gasteiger partial charge on any atom is -0.347 e. The number of nitrogens with zero attached hydrogens (tertiary/aromatic N) is 4. The molecular formula is C18H24N4OS. The van der Waals surface area contributed by atoms with Crippen LogP contribution in [0.2, 0.25) is 0 Å². The smallest absolute Gasteiger partial charge is 0.236 e. The Morgan fingerprint density at radius 1 is 1.00 bits per heavy atom. The first-order valence-corrected chi connectivity index (χ1v) is 9.72. The number of benzene rings is 1. The molecule has 1 amide bonds. The number of hydrogen-bond donors (Lipinski definition) is 0. The highest BCUT2D eigenvalue weighted by Crippen LogP contribution is 2.29. The van der Waals surface area contributed by atoms with Crippen molar-refractivity contribution in [3.63, 3.8) is 0 Å². The average molecular weight is 344 g/mol. The molecule has 0 bridgehead atoms. The van der Waals surface area contributed by atoms with Crippen LogP contribution in [0.1, 0.15) is 19.3 Å². The fourth-order valence-corrected chi connectivity index (χ4v) is 4.59. The first-order valence-electron chi connectivity index (χ1n) is 8.90. The summed E-state index contributed by atoms with van der Waals surface area (Å²) >= 11 is 1.77. The van der Waals surface area contributed by atoms with E-state index in [4.69, 9.17) is 4.98 Å². The molecule has 0 atom stereocenters. The molecule has 0 saturated carbocycles. The van der Waals surface area contributed by atoms with E-state index < -0.39 is 0 Å². The van der Waals surface area contributed by atoms with Crippen molar-refractivity contribution < 1.29 is 4.79 Å². The quantitative estimate of drug-likeness (QED) is 0.857. The summed E-state index contributed by atoms with van der Waals surface area (Å²) in [5, 5.41) is 1.11. The Balaban J connectivity index is 1.37. The zero-order valence-corrected chi connectivity index (χ0v) is 14.8. The number of para-hydroxylation sites is 1. The molecule has 4 rings (SSSR count). The molecule has 0 radical (unpaired) electrons. The summed E-state index contributed by atoms with van der Waals surface area (Å²) in [5.41, 5.74) is 1.09. The third-order valence-corrected chi connectivity index (χ3v) is 6.06. The standard InChI is InChI=1S/C18H24N4OS/c23-17(21-9-3-4-10-21)14-20-8-5-11-22(13-12-20)18-19-15-6-1-2-7-16(15)24-18/h1-2,6-7H,3-5,8-14H2. The van der Waals surface area contributed by atoms with Crippen LogP contribution < -0.4 is 4.90 Å². The summed E-state index contributed by atoms with van der Waals surface area (Å²) in [6.07, 6.45) is 3.41. The number of carbonyl (C=O) groups is 1. The summed E-state index contributed by atoms with van der Waals surface area (Å²) < 4.78 is 1.25. The lowest BCUT2D eigenvalue weighted by Crippen LogP contribution is -2.40. The lowest BCUT2D eigenvalue weighted by molar-refractivity contribution is -0.131. The van der Waals surface area contributed by atoms with Crippen LogP contribution in [0.3, 0.4) is 0 Å². The molecule has 0 N–H and O–H groups in total. The van der Waals surface area contributed by atoms with Gasteiger partial charge < -0.3 is 9.80 Å². The van der Waals surface area contributed by atoms with Gasteiger partial charge in [-0.1, -0.05) is 23.5 Å². The van der Waals surface area contributed by atoms with Gasteiger partial charge in [-0.15, -0.1) is 0 Å². The van der Waals surface area contributed by atoms with Gasteiger partial charge in [0.2, 0.25) is 5.91 Å². The number of fused-ring (bicyclic) bond motifs is 1. The van der Waals surface area contributed by atoms with Crippen molar-refractivity contribution >= 4 is 32.6 Å². The van der Waals surface area contributed by atoms with Crippen LogP contribution in [0.4, 0.5) is 5.13 Å². The molecule has 128 valence electrons. The minimum atomic E-state index is 0.306. The van der Waals surface area contributed by atoms with Crippen LogP contribution in [0.15, 0.2) is 24.3 Å². The van der Waals surface area contributed by atoms with Crippen LogP contribution in [-0.4, -0.2) is 66.5 Å². The first kappa shape index (κ1) is 15.8. The molecule has 0 spiro atoms. The van der Waals surface area contributed by atoms with E-state index in [0.29, 0.717) is 12.5 Å². The van der Waals surface area contributed by atoms with E-state index in [9.17, 15) is 4.79 Å². The van der Waals surface area contributed by atoms with Crippen molar-refractivity contribution in [2.45, 2.75) is 19.3 Å². The van der Waals surface area contributed by atoms with Gasteiger partial charge in [0.05, 0.1) is 16.8 Å². The number of likely N-dealkylation sites (tertiary alicyclic amines) is 1. The molecule has 5 nitrogen and oxygen atoms in total. The summed E-state index contributed by atoms with van der Waals surface area (Å²) in [5.74, 6) is 0.306. The summed E-state index contributed by atoms with van der Waals surface area (Å²) in [6.45, 7) is 6.39. The van der Waals surface area contributed by atoms with Crippen LogP contribution in [-0.2, 0) is 4.79 Å². The SMILES string of the molecule is O=C(CN1CCCN(c2nc3ccccc3s2)CC1)N1CCCC1. The van der Waals surface area contributed by atoms with Gasteiger partial charge in [0.1, 0.15) is 0 Å². The third kappa shape index (κ3) is 3.39. The molecule has 3 heterocycles. The monoisotopic (exact) mass is 344 g/mol. The second kappa shape index (κ2) is 7.07. The molecule has 1 aromatic carbocycles. The Morgan fingerprint density at radius 2 is 1.83 bits per heavy atom. The van der Waals surface area contributed by atoms with E-state index >= 15 is 0 Å². The Labute approximate surface area is 146 Å². The molecule has 2 saturated heterocycles. The van der Waals surface area contributed by atoms with Crippen molar-refractivity contribution in [1.82, 2.24) is 14.8 Å². The second-order valence-electron chi connectivity index (χ2n) is 6.67. The highest BCUT2D eigenvalue weighted by atomic mass is 32.1. The Kier molecular flexibility index (Phi) is 4.67. The molecule has 24 heavy (non-hydrogen) atoms. The second-order valence-corrected chi connectivity index (χ2v) is 7.68. The minimum absolute atomic E-state index is 0.306. The molecule has 0 unspecified atom stereocenters. The molecular weight excluding hydrogens is 320 g/mol. The number of aromatic nitrogens is 1.